The molecule has 0 saturated carbocycles. The van der Waals surface area contributed by atoms with E-state index >= 15 is 0 Å². The largest absolute Gasteiger partial charge is 0.489 e. The van der Waals surface area contributed by atoms with Crippen LogP contribution in [0.15, 0.2) is 54.9 Å². The third-order valence-electron chi connectivity index (χ3n) is 4.32. The fourth-order valence-electron chi connectivity index (χ4n) is 3.01. The highest BCUT2D eigenvalue weighted by Gasteiger charge is 2.12. The number of H-pyrrole nitrogens is 1. The maximum atomic E-state index is 6.04. The molecule has 3 nitrogen and oxygen atoms in total. The zero-order chi connectivity index (χ0) is 16.8. The average molecular weight is 320 g/mol. The summed E-state index contributed by atoms with van der Waals surface area (Å²) in [5, 5.41) is 0. The number of imidazole rings is 1. The third-order valence-corrected chi connectivity index (χ3v) is 4.32. The van der Waals surface area contributed by atoms with Gasteiger partial charge in [0, 0.05) is 18.8 Å². The zero-order valence-electron chi connectivity index (χ0n) is 14.4. The number of nitrogens with zero attached hydrogens (tertiary/aromatic N) is 1. The summed E-state index contributed by atoms with van der Waals surface area (Å²) in [4.78, 5) is 7.58. The van der Waals surface area contributed by atoms with Crippen molar-refractivity contribution in [3.8, 4) is 5.75 Å². The molecule has 0 saturated heterocycles. The molecule has 1 aromatic heterocycles. The second kappa shape index (κ2) is 7.82. The van der Waals surface area contributed by atoms with Gasteiger partial charge in [0.25, 0.3) is 0 Å². The molecule has 0 fully saturated rings. The van der Waals surface area contributed by atoms with Crippen LogP contribution in [0.25, 0.3) is 0 Å². The highest BCUT2D eigenvalue weighted by atomic mass is 16.5. The Bertz CT molecular complexity index is 739. The maximum absolute atomic E-state index is 6.04. The fraction of sp³-hybridized carbons (Fsp3) is 0.286. The van der Waals surface area contributed by atoms with Crippen molar-refractivity contribution in [1.82, 2.24) is 9.97 Å². The van der Waals surface area contributed by atoms with Gasteiger partial charge in [-0.05, 0) is 47.2 Å². The first kappa shape index (κ1) is 16.3. The van der Waals surface area contributed by atoms with Crippen LogP contribution in [-0.4, -0.2) is 9.97 Å². The summed E-state index contributed by atoms with van der Waals surface area (Å²) in [5.74, 6) is 1.97. The predicted molar refractivity (Wildman–Crippen MR) is 97.4 cm³/mol. The van der Waals surface area contributed by atoms with Crippen LogP contribution in [0.4, 0.5) is 0 Å². The standard InChI is InChI=1S/C21H24N2O/c1-3-17-12-19(24-15-16-8-6-5-7-9-16)13-18(4-2)20(17)14-21-22-10-11-23-21/h5-13H,3-4,14-15H2,1-2H3,(H,22,23). The Morgan fingerprint density at radius 2 is 1.71 bits per heavy atom. The van der Waals surface area contributed by atoms with E-state index in [0.717, 1.165) is 30.8 Å². The molecule has 3 heteroatoms. The lowest BCUT2D eigenvalue weighted by Crippen LogP contribution is -2.04. The summed E-state index contributed by atoms with van der Waals surface area (Å²) in [7, 11) is 0. The van der Waals surface area contributed by atoms with E-state index in [0.29, 0.717) is 6.61 Å². The normalized spacial score (nSPS) is 10.8. The van der Waals surface area contributed by atoms with E-state index in [1.54, 1.807) is 0 Å². The minimum atomic E-state index is 0.602. The number of hydrogen-bond donors (Lipinski definition) is 1. The van der Waals surface area contributed by atoms with Gasteiger partial charge in [-0.1, -0.05) is 44.2 Å². The van der Waals surface area contributed by atoms with Gasteiger partial charge in [0.05, 0.1) is 0 Å². The number of benzene rings is 2. The van der Waals surface area contributed by atoms with Crippen LogP contribution in [0.2, 0.25) is 0 Å². The van der Waals surface area contributed by atoms with E-state index < -0.39 is 0 Å². The van der Waals surface area contributed by atoms with Crippen LogP contribution < -0.4 is 4.74 Å². The average Bonchev–Trinajstić information content (AvgIpc) is 3.14. The third kappa shape index (κ3) is 3.85. The van der Waals surface area contributed by atoms with Crippen molar-refractivity contribution < 1.29 is 4.74 Å². The number of nitrogens with one attached hydrogen (secondary N) is 1. The maximum Gasteiger partial charge on any atom is 0.120 e. The van der Waals surface area contributed by atoms with Gasteiger partial charge in [-0.3, -0.25) is 0 Å². The predicted octanol–water partition coefficient (Wildman–Crippen LogP) is 4.70. The molecule has 0 spiro atoms. The summed E-state index contributed by atoms with van der Waals surface area (Å²) < 4.78 is 6.04. The van der Waals surface area contributed by atoms with Crippen LogP contribution in [0.3, 0.4) is 0 Å². The number of rotatable bonds is 7. The van der Waals surface area contributed by atoms with Crippen molar-refractivity contribution in [3.63, 3.8) is 0 Å². The Morgan fingerprint density at radius 3 is 2.29 bits per heavy atom. The van der Waals surface area contributed by atoms with Crippen molar-refractivity contribution >= 4 is 0 Å². The molecule has 3 rings (SSSR count). The lowest BCUT2D eigenvalue weighted by Gasteiger charge is -2.16. The molecule has 24 heavy (non-hydrogen) atoms. The number of ether oxygens (including phenoxy) is 1. The number of aryl methyl sites for hydroxylation is 2. The summed E-state index contributed by atoms with van der Waals surface area (Å²) in [6, 6.07) is 14.7. The topological polar surface area (TPSA) is 37.9 Å². The van der Waals surface area contributed by atoms with Crippen molar-refractivity contribution in [2.45, 2.75) is 39.7 Å². The smallest absolute Gasteiger partial charge is 0.120 e. The van der Waals surface area contributed by atoms with E-state index in [9.17, 15) is 0 Å². The summed E-state index contributed by atoms with van der Waals surface area (Å²) in [5.41, 5.74) is 5.25. The Hall–Kier alpha value is -2.55. The van der Waals surface area contributed by atoms with Gasteiger partial charge >= 0.3 is 0 Å². The second-order valence-electron chi connectivity index (χ2n) is 5.91. The molecule has 0 amide bonds. The number of aromatic nitrogens is 2. The molecule has 0 bridgehead atoms. The Labute approximate surface area is 143 Å². The zero-order valence-corrected chi connectivity index (χ0v) is 14.4. The van der Waals surface area contributed by atoms with E-state index in [1.807, 2.05) is 30.6 Å². The Balaban J connectivity index is 1.83. The Morgan fingerprint density at radius 1 is 1.00 bits per heavy atom. The van der Waals surface area contributed by atoms with E-state index in [1.165, 1.54) is 22.3 Å². The summed E-state index contributed by atoms with van der Waals surface area (Å²) >= 11 is 0. The molecule has 0 atom stereocenters. The highest BCUT2D eigenvalue weighted by Crippen LogP contribution is 2.26. The molecule has 2 aromatic carbocycles. The fourth-order valence-corrected chi connectivity index (χ4v) is 3.01. The molecule has 0 aliphatic carbocycles. The molecule has 124 valence electrons. The molecular weight excluding hydrogens is 296 g/mol. The van der Waals surface area contributed by atoms with Gasteiger partial charge in [0.1, 0.15) is 18.2 Å². The van der Waals surface area contributed by atoms with Gasteiger partial charge in [0.15, 0.2) is 0 Å². The van der Waals surface area contributed by atoms with Crippen molar-refractivity contribution in [2.24, 2.45) is 0 Å². The summed E-state index contributed by atoms with van der Waals surface area (Å²) in [6.07, 6.45) is 6.52. The number of hydrogen-bond acceptors (Lipinski definition) is 2. The Kier molecular flexibility index (Phi) is 5.32. The van der Waals surface area contributed by atoms with Crippen LogP contribution in [0, 0.1) is 0 Å². The van der Waals surface area contributed by atoms with E-state index in [-0.39, 0.29) is 0 Å². The molecule has 0 aliphatic rings. The van der Waals surface area contributed by atoms with Crippen LogP contribution in [0.5, 0.6) is 5.75 Å². The molecule has 3 aromatic rings. The van der Waals surface area contributed by atoms with Gasteiger partial charge in [-0.25, -0.2) is 4.98 Å². The van der Waals surface area contributed by atoms with Crippen LogP contribution in [-0.2, 0) is 25.9 Å². The van der Waals surface area contributed by atoms with Gasteiger partial charge < -0.3 is 9.72 Å². The van der Waals surface area contributed by atoms with Crippen molar-refractivity contribution in [3.05, 3.63) is 82.9 Å². The van der Waals surface area contributed by atoms with Gasteiger partial charge in [-0.2, -0.15) is 0 Å². The summed E-state index contributed by atoms with van der Waals surface area (Å²) in [6.45, 7) is 4.99. The SMILES string of the molecule is CCc1cc(OCc2ccccc2)cc(CC)c1Cc1ncc[nH]1. The van der Waals surface area contributed by atoms with E-state index in [4.69, 9.17) is 4.74 Å². The quantitative estimate of drug-likeness (QED) is 0.685. The van der Waals surface area contributed by atoms with E-state index in [2.05, 4.69) is 48.1 Å². The minimum Gasteiger partial charge on any atom is -0.489 e. The van der Waals surface area contributed by atoms with Gasteiger partial charge in [0.2, 0.25) is 0 Å². The lowest BCUT2D eigenvalue weighted by atomic mass is 9.94. The molecule has 0 unspecified atom stereocenters. The van der Waals surface area contributed by atoms with Crippen LogP contribution in [0.1, 0.15) is 41.9 Å². The first-order valence-corrected chi connectivity index (χ1v) is 8.59. The minimum absolute atomic E-state index is 0.602. The molecule has 0 aliphatic heterocycles. The lowest BCUT2D eigenvalue weighted by molar-refractivity contribution is 0.305. The molecule has 1 heterocycles. The second-order valence-corrected chi connectivity index (χ2v) is 5.91. The molecule has 0 radical (unpaired) electrons. The monoisotopic (exact) mass is 320 g/mol. The first-order chi connectivity index (χ1) is 11.8. The highest BCUT2D eigenvalue weighted by molar-refractivity contribution is 5.44. The first-order valence-electron chi connectivity index (χ1n) is 8.59. The number of aromatic amines is 1. The van der Waals surface area contributed by atoms with Crippen molar-refractivity contribution in [2.75, 3.05) is 0 Å². The molecular formula is C21H24N2O. The van der Waals surface area contributed by atoms with Crippen LogP contribution >= 0.6 is 0 Å². The van der Waals surface area contributed by atoms with Gasteiger partial charge in [-0.15, -0.1) is 0 Å². The molecule has 1 N–H and O–H groups in total. The van der Waals surface area contributed by atoms with Crippen molar-refractivity contribution in [1.29, 1.82) is 0 Å².